The Morgan fingerprint density at radius 2 is 1.63 bits per heavy atom. The molecule has 1 unspecified atom stereocenters. The van der Waals surface area contributed by atoms with E-state index < -0.39 is 17.9 Å². The highest BCUT2D eigenvalue weighted by Gasteiger charge is 2.21. The summed E-state index contributed by atoms with van der Waals surface area (Å²) in [6, 6.07) is -0.541. The Morgan fingerprint density at radius 3 is 2.05 bits per heavy atom. The van der Waals surface area contributed by atoms with Crippen molar-refractivity contribution >= 4 is 17.9 Å². The fraction of sp³-hybridized carbons (Fsp3) is 0.750. The van der Waals surface area contributed by atoms with E-state index in [9.17, 15) is 14.4 Å². The number of aliphatic carboxylic acids is 1. The second kappa shape index (κ2) is 8.34. The number of carbonyl (C=O) groups excluding carboxylic acids is 2. The van der Waals surface area contributed by atoms with Crippen LogP contribution in [0, 0.1) is 11.8 Å². The molecular formula is C12H23N3O4. The van der Waals surface area contributed by atoms with Crippen molar-refractivity contribution in [3.63, 3.8) is 0 Å². The molecule has 3 amide bonds. The van der Waals surface area contributed by atoms with E-state index in [2.05, 4.69) is 16.0 Å². The van der Waals surface area contributed by atoms with Gasteiger partial charge in [0.1, 0.15) is 0 Å². The zero-order chi connectivity index (χ0) is 15.0. The summed E-state index contributed by atoms with van der Waals surface area (Å²) in [4.78, 5) is 33.6. The molecule has 7 heteroatoms. The van der Waals surface area contributed by atoms with E-state index in [-0.39, 0.29) is 31.0 Å². The van der Waals surface area contributed by atoms with Gasteiger partial charge in [0.25, 0.3) is 0 Å². The second-order valence-corrected chi connectivity index (χ2v) is 4.97. The maximum absolute atomic E-state index is 11.4. The molecule has 0 fully saturated rings. The standard InChI is InChI=1S/C12H23N3O4/c1-7(2)9(11(17)18)5-13-12(19)14-6-10(16)15-8(3)4/h7-9H,5-6H2,1-4H3,(H,15,16)(H,17,18)(H2,13,14,19). The molecule has 0 aliphatic heterocycles. The van der Waals surface area contributed by atoms with Gasteiger partial charge in [0.15, 0.2) is 0 Å². The first kappa shape index (κ1) is 17.2. The summed E-state index contributed by atoms with van der Waals surface area (Å²) in [5.74, 6) is -1.96. The number of rotatable bonds is 7. The van der Waals surface area contributed by atoms with Gasteiger partial charge in [-0.3, -0.25) is 9.59 Å². The van der Waals surface area contributed by atoms with Gasteiger partial charge in [-0.2, -0.15) is 0 Å². The molecule has 0 radical (unpaired) electrons. The Hall–Kier alpha value is -1.79. The van der Waals surface area contributed by atoms with Crippen LogP contribution < -0.4 is 16.0 Å². The van der Waals surface area contributed by atoms with E-state index in [4.69, 9.17) is 5.11 Å². The highest BCUT2D eigenvalue weighted by atomic mass is 16.4. The van der Waals surface area contributed by atoms with Crippen LogP contribution in [0.1, 0.15) is 27.7 Å². The maximum Gasteiger partial charge on any atom is 0.315 e. The second-order valence-electron chi connectivity index (χ2n) is 4.97. The summed E-state index contributed by atoms with van der Waals surface area (Å²) in [7, 11) is 0. The van der Waals surface area contributed by atoms with Gasteiger partial charge in [-0.1, -0.05) is 13.8 Å². The van der Waals surface area contributed by atoms with Gasteiger partial charge in [-0.15, -0.1) is 0 Å². The lowest BCUT2D eigenvalue weighted by atomic mass is 9.96. The fourth-order valence-corrected chi connectivity index (χ4v) is 1.41. The molecule has 0 saturated heterocycles. The molecular weight excluding hydrogens is 250 g/mol. The SMILES string of the molecule is CC(C)NC(=O)CNC(=O)NCC(C(=O)O)C(C)C. The number of hydrogen-bond donors (Lipinski definition) is 4. The lowest BCUT2D eigenvalue weighted by Crippen LogP contribution is -2.45. The summed E-state index contributed by atoms with van der Waals surface area (Å²) in [6.07, 6.45) is 0. The molecule has 0 aromatic rings. The quantitative estimate of drug-likeness (QED) is 0.530. The molecule has 110 valence electrons. The van der Waals surface area contributed by atoms with Crippen molar-refractivity contribution in [1.82, 2.24) is 16.0 Å². The molecule has 0 aliphatic carbocycles. The normalized spacial score (nSPS) is 12.1. The number of amides is 3. The molecule has 4 N–H and O–H groups in total. The van der Waals surface area contributed by atoms with Crippen LogP contribution in [0.4, 0.5) is 4.79 Å². The van der Waals surface area contributed by atoms with Gasteiger partial charge in [0.05, 0.1) is 12.5 Å². The number of carboxylic acid groups (broad SMARTS) is 1. The first-order valence-electron chi connectivity index (χ1n) is 6.27. The molecule has 19 heavy (non-hydrogen) atoms. The minimum atomic E-state index is -0.951. The van der Waals surface area contributed by atoms with Gasteiger partial charge >= 0.3 is 12.0 Å². The monoisotopic (exact) mass is 273 g/mol. The number of urea groups is 1. The number of hydrogen-bond acceptors (Lipinski definition) is 3. The number of nitrogens with one attached hydrogen (secondary N) is 3. The van der Waals surface area contributed by atoms with E-state index in [1.807, 2.05) is 13.8 Å². The molecule has 0 heterocycles. The smallest absolute Gasteiger partial charge is 0.315 e. The number of carbonyl (C=O) groups is 3. The molecule has 0 bridgehead atoms. The van der Waals surface area contributed by atoms with Crippen molar-refractivity contribution in [1.29, 1.82) is 0 Å². The average molecular weight is 273 g/mol. The van der Waals surface area contributed by atoms with Crippen molar-refractivity contribution in [2.75, 3.05) is 13.1 Å². The third-order valence-electron chi connectivity index (χ3n) is 2.46. The highest BCUT2D eigenvalue weighted by molar-refractivity contribution is 5.84. The van der Waals surface area contributed by atoms with Crippen LogP contribution in [0.2, 0.25) is 0 Å². The minimum Gasteiger partial charge on any atom is -0.481 e. The van der Waals surface area contributed by atoms with Crippen molar-refractivity contribution in [3.05, 3.63) is 0 Å². The van der Waals surface area contributed by atoms with E-state index in [1.165, 1.54) is 0 Å². The lowest BCUT2D eigenvalue weighted by Gasteiger charge is -2.17. The zero-order valence-electron chi connectivity index (χ0n) is 11.8. The van der Waals surface area contributed by atoms with Crippen molar-refractivity contribution in [2.24, 2.45) is 11.8 Å². The van der Waals surface area contributed by atoms with Crippen LogP contribution in [-0.4, -0.2) is 42.1 Å². The summed E-state index contributed by atoms with van der Waals surface area (Å²) < 4.78 is 0. The number of carboxylic acids is 1. The van der Waals surface area contributed by atoms with Crippen molar-refractivity contribution in [2.45, 2.75) is 33.7 Å². The zero-order valence-corrected chi connectivity index (χ0v) is 11.8. The molecule has 1 atom stereocenters. The summed E-state index contributed by atoms with van der Waals surface area (Å²) in [5.41, 5.74) is 0. The van der Waals surface area contributed by atoms with Crippen LogP contribution in [0.3, 0.4) is 0 Å². The van der Waals surface area contributed by atoms with E-state index in [0.29, 0.717) is 0 Å². The first-order chi connectivity index (χ1) is 8.73. The summed E-state index contributed by atoms with van der Waals surface area (Å²) in [5, 5.41) is 16.4. The fourth-order valence-electron chi connectivity index (χ4n) is 1.41. The average Bonchev–Trinajstić information content (AvgIpc) is 2.24. The maximum atomic E-state index is 11.4. The van der Waals surface area contributed by atoms with Crippen molar-refractivity contribution in [3.8, 4) is 0 Å². The van der Waals surface area contributed by atoms with E-state index in [0.717, 1.165) is 0 Å². The Bertz CT molecular complexity index is 329. The first-order valence-corrected chi connectivity index (χ1v) is 6.27. The van der Waals surface area contributed by atoms with Crippen LogP contribution >= 0.6 is 0 Å². The molecule has 0 aliphatic rings. The molecule has 0 rings (SSSR count). The predicted octanol–water partition coefficient (Wildman–Crippen LogP) is 0.167. The van der Waals surface area contributed by atoms with Gasteiger partial charge in [0, 0.05) is 12.6 Å². The Kier molecular flexibility index (Phi) is 7.55. The largest absolute Gasteiger partial charge is 0.481 e. The van der Waals surface area contributed by atoms with Gasteiger partial charge in [-0.05, 0) is 19.8 Å². The van der Waals surface area contributed by atoms with Crippen LogP contribution in [0.5, 0.6) is 0 Å². The van der Waals surface area contributed by atoms with Crippen molar-refractivity contribution < 1.29 is 19.5 Å². The summed E-state index contributed by atoms with van der Waals surface area (Å²) >= 11 is 0. The topological polar surface area (TPSA) is 108 Å². The lowest BCUT2D eigenvalue weighted by molar-refractivity contribution is -0.143. The van der Waals surface area contributed by atoms with E-state index in [1.54, 1.807) is 13.8 Å². The minimum absolute atomic E-state index is 0.00898. The molecule has 0 saturated carbocycles. The Labute approximate surface area is 113 Å². The van der Waals surface area contributed by atoms with Crippen LogP contribution in [0.15, 0.2) is 0 Å². The molecule has 0 aromatic heterocycles. The molecule has 0 spiro atoms. The van der Waals surface area contributed by atoms with Crippen LogP contribution in [0.25, 0.3) is 0 Å². The van der Waals surface area contributed by atoms with Gasteiger partial charge in [-0.25, -0.2) is 4.79 Å². The Morgan fingerprint density at radius 1 is 1.05 bits per heavy atom. The van der Waals surface area contributed by atoms with Gasteiger partial charge < -0.3 is 21.1 Å². The summed E-state index contributed by atoms with van der Waals surface area (Å²) in [6.45, 7) is 7.08. The third kappa shape index (κ3) is 8.01. The van der Waals surface area contributed by atoms with Gasteiger partial charge in [0.2, 0.25) is 5.91 Å². The third-order valence-corrected chi connectivity index (χ3v) is 2.46. The molecule has 7 nitrogen and oxygen atoms in total. The highest BCUT2D eigenvalue weighted by Crippen LogP contribution is 2.09. The van der Waals surface area contributed by atoms with E-state index >= 15 is 0 Å². The molecule has 0 aromatic carbocycles. The Balaban J connectivity index is 3.99. The van der Waals surface area contributed by atoms with Crippen LogP contribution in [-0.2, 0) is 9.59 Å². The predicted molar refractivity (Wildman–Crippen MR) is 70.6 cm³/mol.